The molecule has 14 aromatic carbocycles. The van der Waals surface area contributed by atoms with Crippen LogP contribution in [0.2, 0.25) is 0 Å². The van der Waals surface area contributed by atoms with Crippen LogP contribution in [0, 0.1) is 6.92 Å². The van der Waals surface area contributed by atoms with Gasteiger partial charge in [-0.15, -0.1) is 8.67 Å². The van der Waals surface area contributed by atoms with Crippen molar-refractivity contribution in [3.8, 4) is 45.0 Å². The van der Waals surface area contributed by atoms with E-state index in [1.165, 1.54) is 128 Å². The minimum atomic E-state index is -5.23. The van der Waals surface area contributed by atoms with Crippen molar-refractivity contribution in [3.63, 3.8) is 0 Å². The normalized spacial score (nSPS) is 14.0. The Labute approximate surface area is 785 Å². The number of imidazole rings is 2. The van der Waals surface area contributed by atoms with Crippen molar-refractivity contribution in [3.05, 3.63) is 303 Å². The fourth-order valence-corrected chi connectivity index (χ4v) is 19.4. The van der Waals surface area contributed by atoms with E-state index in [4.69, 9.17) is 37.5 Å². The molecule has 42 heteroatoms. The van der Waals surface area contributed by atoms with E-state index in [9.17, 15) is 88.7 Å². The number of imide groups is 4. The number of cyclic esters (lactones) is 4. The third-order valence-corrected chi connectivity index (χ3v) is 26.1. The van der Waals surface area contributed by atoms with E-state index in [1.807, 2.05) is 73.7 Å². The largest absolute Gasteiger partial charge is 0.399 e. The van der Waals surface area contributed by atoms with Gasteiger partial charge in [-0.2, -0.15) is 16.8 Å². The van der Waals surface area contributed by atoms with Crippen molar-refractivity contribution < 1.29 is 122 Å². The second-order valence-electron chi connectivity index (χ2n) is 31.0. The van der Waals surface area contributed by atoms with E-state index in [2.05, 4.69) is 38.8 Å². The van der Waals surface area contributed by atoms with E-state index in [0.29, 0.717) is 62.0 Å². The Bertz CT molecular complexity index is 8140. The zero-order valence-electron chi connectivity index (χ0n) is 69.3. The summed E-state index contributed by atoms with van der Waals surface area (Å²) in [6, 6.07) is 58.1. The van der Waals surface area contributed by atoms with Crippen molar-refractivity contribution >= 4 is 210 Å². The predicted molar refractivity (Wildman–Crippen MR) is 505 cm³/mol. The van der Waals surface area contributed by atoms with E-state index in [-0.39, 0.29) is 163 Å². The Morgan fingerprint density at radius 1 is 0.326 bits per heavy atom. The first-order valence-corrected chi connectivity index (χ1v) is 44.3. The number of fused-ring (bicyclic) bond motifs is 2. The molecular formula is C96H66N12O26S4. The molecule has 14 N–H and O–H groups in total. The molecule has 0 aliphatic carbocycles. The van der Waals surface area contributed by atoms with Crippen molar-refractivity contribution in [1.82, 2.24) is 24.8 Å². The van der Waals surface area contributed by atoms with Gasteiger partial charge in [-0.1, -0.05) is 79.0 Å². The molecule has 0 bridgehead atoms. The van der Waals surface area contributed by atoms with Crippen LogP contribution in [0.1, 0.15) is 145 Å². The molecule has 38 nitrogen and oxygen atoms in total. The molecule has 690 valence electrons. The van der Waals surface area contributed by atoms with E-state index >= 15 is 0 Å². The summed E-state index contributed by atoms with van der Waals surface area (Å²) in [5, 5.41) is 25.8. The highest BCUT2D eigenvalue weighted by Crippen LogP contribution is 2.48. The number of amides is 8. The molecule has 0 saturated carbocycles. The smallest absolute Gasteiger partial charge is 0.346 e. The van der Waals surface area contributed by atoms with Crippen LogP contribution in [-0.4, -0.2) is 139 Å². The summed E-state index contributed by atoms with van der Waals surface area (Å²) in [5.74, 6) is -8.02. The van der Waals surface area contributed by atoms with Crippen LogP contribution < -0.4 is 37.6 Å². The van der Waals surface area contributed by atoms with Gasteiger partial charge in [-0.3, -0.25) is 52.4 Å². The molecule has 0 unspecified atom stereocenters. The molecule has 0 radical (unpaired) electrons. The van der Waals surface area contributed by atoms with Gasteiger partial charge in [-0.05, 0) is 200 Å². The number of hydrogen-bond acceptors (Lipinski definition) is 32. The average Bonchev–Trinajstić information content (AvgIpc) is 0.801. The molecule has 6 aliphatic heterocycles. The standard InChI is InChI=1S/C55H30N6O14S2.C14H4O6.C13H12N4.C12H12N2O6S2.2CH4/c1-24-3-5-25(6-4-24)47-56-39-20-9-26(21-40(39)57-47)59-50(64)35-16-18-37-46-38(19-17-36(45(35)46)51(59)65)53(67)60(52(37)66)27-7-10-29(41(22-27)76-75-74-70)30-11-8-28(23-42(30)77(71,72)73)61-54(68)33-14-12-31-43-32(49(63)58(2)48(31)62)13-15-34(44(33)43)55(61)69;15-11-5-1-2-6-10-8(14(18)20-12(6)16)4-3-7(9(5)10)13(17)19-11;14-9-3-1-8(2-4-9)13-16-11-6-5-10(15)7-12(11)17-13;13-7-1-3-9(11(5-7)21-20-19-15)10-4-2-8(14)6-12(10)22(16,17)18;;/h3-23,70H,1-2H3,(H,56,57)(H,71,72,73);1-4H;1-7H,14-15H2,(H,16,17);1-6,15H,13-14H2,(H,16,17,18);2*1H4. The van der Waals surface area contributed by atoms with Crippen molar-refractivity contribution in [2.45, 2.75) is 41.4 Å². The van der Waals surface area contributed by atoms with Gasteiger partial charge in [-0.25, -0.2) is 54.4 Å². The Morgan fingerprint density at radius 2 is 0.630 bits per heavy atom. The van der Waals surface area contributed by atoms with Crippen LogP contribution in [0.15, 0.2) is 250 Å². The number of anilines is 7. The second kappa shape index (κ2) is 35.5. The van der Waals surface area contributed by atoms with Gasteiger partial charge in [0.25, 0.3) is 67.5 Å². The van der Waals surface area contributed by atoms with E-state index < -0.39 is 96.3 Å². The number of nitrogen functional groups attached to an aromatic ring is 4. The lowest BCUT2D eigenvalue weighted by atomic mass is 9.85. The third-order valence-electron chi connectivity index (χ3n) is 23.0. The number of hydrogen-bond donors (Lipinski definition) is 10. The Balaban J connectivity index is 0.000000172. The topological polar surface area (TPSA) is 584 Å². The van der Waals surface area contributed by atoms with Crippen LogP contribution in [0.5, 0.6) is 0 Å². The first-order valence-electron chi connectivity index (χ1n) is 39.9. The number of rotatable bonds is 15. The van der Waals surface area contributed by atoms with Crippen LogP contribution in [0.4, 0.5) is 39.8 Å². The molecule has 0 fully saturated rings. The molecule has 2 aromatic heterocycles. The van der Waals surface area contributed by atoms with Gasteiger partial charge < -0.3 is 42.4 Å². The fourth-order valence-electron chi connectivity index (χ4n) is 16.9. The lowest BCUT2D eigenvalue weighted by Gasteiger charge is -2.32. The summed E-state index contributed by atoms with van der Waals surface area (Å²) in [6.07, 6.45) is 0. The number of nitrogens with zero attached hydrogens (tertiary/aromatic N) is 6. The van der Waals surface area contributed by atoms with Gasteiger partial charge in [0.15, 0.2) is 0 Å². The molecular weight excluding hydrogens is 1870 g/mol. The van der Waals surface area contributed by atoms with Crippen LogP contribution in [-0.2, 0) is 48.5 Å². The second-order valence-corrected chi connectivity index (χ2v) is 35.3. The molecule has 138 heavy (non-hydrogen) atoms. The van der Waals surface area contributed by atoms with Crippen LogP contribution >= 0.6 is 24.1 Å². The number of nitrogens with one attached hydrogen (secondary N) is 2. The van der Waals surface area contributed by atoms with Gasteiger partial charge >= 0.3 is 23.9 Å². The Hall–Kier alpha value is -16.9. The summed E-state index contributed by atoms with van der Waals surface area (Å²) in [4.78, 5) is 178. The first kappa shape index (κ1) is 92.9. The van der Waals surface area contributed by atoms with Gasteiger partial charge in [0, 0.05) is 139 Å². The third kappa shape index (κ3) is 15.9. The number of carbonyl (C=O) groups excluding carboxylic acids is 12. The molecule has 16 aromatic rings. The quantitative estimate of drug-likeness (QED) is 0.00666. The highest BCUT2D eigenvalue weighted by atomic mass is 32.2. The number of H-pyrrole nitrogens is 2. The van der Waals surface area contributed by atoms with Crippen molar-refractivity contribution in [1.29, 1.82) is 0 Å². The predicted octanol–water partition coefficient (Wildman–Crippen LogP) is 16.1. The summed E-state index contributed by atoms with van der Waals surface area (Å²) in [6.45, 7) is 1.97. The monoisotopic (exact) mass is 1930 g/mol. The van der Waals surface area contributed by atoms with Crippen LogP contribution in [0.25, 0.3) is 99.4 Å². The van der Waals surface area contributed by atoms with Gasteiger partial charge in [0.2, 0.25) is 0 Å². The first-order chi connectivity index (χ1) is 65.1. The Morgan fingerprint density at radius 3 is 1.06 bits per heavy atom. The molecule has 6 aliphatic rings. The summed E-state index contributed by atoms with van der Waals surface area (Å²) in [7, 11) is -8.41. The van der Waals surface area contributed by atoms with Crippen molar-refractivity contribution in [2.24, 2.45) is 0 Å². The lowest BCUT2D eigenvalue weighted by molar-refractivity contribution is -0.432. The number of aromatic nitrogens is 4. The molecule has 0 atom stereocenters. The number of benzene rings is 14. The highest BCUT2D eigenvalue weighted by Gasteiger charge is 2.45. The number of nitrogens with two attached hydrogens (primary N) is 4. The zero-order valence-corrected chi connectivity index (χ0v) is 72.6. The highest BCUT2D eigenvalue weighted by molar-refractivity contribution is 7.95. The lowest BCUT2D eigenvalue weighted by Crippen LogP contribution is -2.43. The zero-order chi connectivity index (χ0) is 95.8. The van der Waals surface area contributed by atoms with Crippen molar-refractivity contribution in [2.75, 3.05) is 44.7 Å². The maximum absolute atomic E-state index is 14.6. The molecule has 8 amide bonds. The number of aryl methyl sites for hydroxylation is 1. The van der Waals surface area contributed by atoms with E-state index in [0.717, 1.165) is 71.8 Å². The molecule has 0 spiro atoms. The maximum Gasteiger partial charge on any atom is 0.346 e. The SMILES string of the molecule is C.C.Cc1ccc(-c2nc3cc(N4C(=O)c5ccc6c7c(ccc(c57)C4=O)C(=O)N(c4ccc(-c5ccc(N7C(=O)c8ccc9c%10c(ccc(c8%10)C7=O)C(=O)N(C)C9=O)cc5S(=O)(=O)O)c(SOOO)c4)C6=O)ccc3[nH]2)cc1.Nc1ccc(-c2ccc(N)cc2S(=O)(=O)O)c(SOOO)c1.Nc1ccc(-c2nc3ccc(N)cc3[nH]2)cc1.O=C1OC(=O)c2ccc3c4c(ccc1c24)C(=O)OC3=O. The number of aromatic amines is 2. The number of ether oxygens (including phenoxy) is 2. The Kier molecular flexibility index (Phi) is 23.9. The summed E-state index contributed by atoms with van der Waals surface area (Å²) in [5.41, 5.74) is 31.5. The van der Waals surface area contributed by atoms with Crippen LogP contribution in [0.3, 0.4) is 0 Å². The minimum Gasteiger partial charge on any atom is -0.399 e. The van der Waals surface area contributed by atoms with Gasteiger partial charge in [0.1, 0.15) is 21.4 Å². The summed E-state index contributed by atoms with van der Waals surface area (Å²) < 4.78 is 88.1. The summed E-state index contributed by atoms with van der Waals surface area (Å²) >= 11 is 0.935. The number of carbonyl (C=O) groups is 12. The number of esters is 4. The average molecular weight is 1930 g/mol. The van der Waals surface area contributed by atoms with E-state index in [1.54, 1.807) is 30.3 Å². The fraction of sp³-hybridized carbons (Fsp3) is 0.0417. The molecule has 8 heterocycles. The minimum absolute atomic E-state index is 0. The van der Waals surface area contributed by atoms with Gasteiger partial charge in [0.05, 0.1) is 85.5 Å². The maximum atomic E-state index is 14.6. The molecule has 22 rings (SSSR count). The molecule has 0 saturated heterocycles.